The van der Waals surface area contributed by atoms with Crippen LogP contribution in [0, 0.1) is 12.3 Å². The molecular weight excluding hydrogens is 242 g/mol. The molecule has 1 aliphatic heterocycles. The number of carbonyl (C=O) groups excluding carboxylic acids is 2. The number of phenols is 1. The number of benzene rings is 1. The van der Waals surface area contributed by atoms with Gasteiger partial charge in [0.15, 0.2) is 0 Å². The Hall–Kier alpha value is -1.84. The van der Waals surface area contributed by atoms with E-state index in [0.717, 1.165) is 5.56 Å². The van der Waals surface area contributed by atoms with Gasteiger partial charge in [-0.15, -0.1) is 0 Å². The molecule has 4 heteroatoms. The molecule has 19 heavy (non-hydrogen) atoms. The first kappa shape index (κ1) is 13.6. The van der Waals surface area contributed by atoms with E-state index in [2.05, 4.69) is 0 Å². The molecule has 0 aliphatic carbocycles. The van der Waals surface area contributed by atoms with Gasteiger partial charge in [-0.25, -0.2) is 4.90 Å². The Balaban J connectivity index is 2.46. The molecule has 0 bridgehead atoms. The predicted molar refractivity (Wildman–Crippen MR) is 73.0 cm³/mol. The fourth-order valence-electron chi connectivity index (χ4n) is 2.73. The molecule has 4 nitrogen and oxygen atoms in total. The van der Waals surface area contributed by atoms with Gasteiger partial charge in [-0.3, -0.25) is 9.59 Å². The van der Waals surface area contributed by atoms with Crippen molar-refractivity contribution in [3.05, 3.63) is 23.8 Å². The zero-order valence-corrected chi connectivity index (χ0v) is 11.6. The molecule has 1 aromatic carbocycles. The lowest BCUT2D eigenvalue weighted by Crippen LogP contribution is -2.35. The second kappa shape index (κ2) is 4.68. The van der Waals surface area contributed by atoms with Crippen LogP contribution >= 0.6 is 0 Å². The van der Waals surface area contributed by atoms with Crippen molar-refractivity contribution in [1.82, 2.24) is 0 Å². The number of amides is 2. The molecule has 2 amide bonds. The molecule has 1 saturated heterocycles. The average Bonchev–Trinajstić information content (AvgIpc) is 2.62. The van der Waals surface area contributed by atoms with Gasteiger partial charge in [-0.1, -0.05) is 13.8 Å². The van der Waals surface area contributed by atoms with Crippen molar-refractivity contribution in [1.29, 1.82) is 0 Å². The number of nitrogens with zero attached hydrogens (tertiary/aromatic N) is 1. The predicted octanol–water partition coefficient (Wildman–Crippen LogP) is 2.77. The third-order valence-corrected chi connectivity index (χ3v) is 4.17. The van der Waals surface area contributed by atoms with E-state index in [4.69, 9.17) is 0 Å². The summed E-state index contributed by atoms with van der Waals surface area (Å²) in [7, 11) is 0. The standard InChI is InChI=1S/C15H19NO3/c1-4-15(5-2)9-13(18)16(14(15)19)12-7-6-11(17)8-10(12)3/h6-8,17H,4-5,9H2,1-3H3. The maximum Gasteiger partial charge on any atom is 0.240 e. The molecule has 1 N–H and O–H groups in total. The van der Waals surface area contributed by atoms with Crippen LogP contribution in [0.15, 0.2) is 18.2 Å². The van der Waals surface area contributed by atoms with Crippen molar-refractivity contribution in [2.24, 2.45) is 5.41 Å². The van der Waals surface area contributed by atoms with Crippen LogP contribution in [0.25, 0.3) is 0 Å². The van der Waals surface area contributed by atoms with E-state index in [1.54, 1.807) is 19.1 Å². The van der Waals surface area contributed by atoms with Crippen LogP contribution in [-0.2, 0) is 9.59 Å². The van der Waals surface area contributed by atoms with Crippen molar-refractivity contribution >= 4 is 17.5 Å². The molecule has 2 rings (SSSR count). The number of imide groups is 1. The molecule has 0 radical (unpaired) electrons. The summed E-state index contributed by atoms with van der Waals surface area (Å²) in [5.41, 5.74) is 0.753. The summed E-state index contributed by atoms with van der Waals surface area (Å²) in [6, 6.07) is 4.69. The smallest absolute Gasteiger partial charge is 0.240 e. The van der Waals surface area contributed by atoms with Crippen LogP contribution < -0.4 is 4.90 Å². The monoisotopic (exact) mass is 261 g/mol. The highest BCUT2D eigenvalue weighted by Crippen LogP contribution is 2.42. The first-order valence-corrected chi connectivity index (χ1v) is 6.62. The van der Waals surface area contributed by atoms with Gasteiger partial charge in [-0.2, -0.15) is 0 Å². The molecule has 0 atom stereocenters. The number of aromatic hydroxyl groups is 1. The lowest BCUT2D eigenvalue weighted by atomic mass is 9.81. The van der Waals surface area contributed by atoms with E-state index in [0.29, 0.717) is 18.5 Å². The second-order valence-corrected chi connectivity index (χ2v) is 5.17. The fraction of sp³-hybridized carbons (Fsp3) is 0.467. The normalized spacial score (nSPS) is 18.2. The largest absolute Gasteiger partial charge is 0.508 e. The number of anilines is 1. The Morgan fingerprint density at radius 3 is 2.37 bits per heavy atom. The van der Waals surface area contributed by atoms with E-state index in [1.807, 2.05) is 13.8 Å². The fourth-order valence-corrected chi connectivity index (χ4v) is 2.73. The summed E-state index contributed by atoms with van der Waals surface area (Å²) >= 11 is 0. The summed E-state index contributed by atoms with van der Waals surface area (Å²) < 4.78 is 0. The van der Waals surface area contributed by atoms with Crippen molar-refractivity contribution < 1.29 is 14.7 Å². The number of hydrogen-bond donors (Lipinski definition) is 1. The minimum absolute atomic E-state index is 0.115. The number of aryl methyl sites for hydroxylation is 1. The average molecular weight is 261 g/mol. The van der Waals surface area contributed by atoms with E-state index < -0.39 is 5.41 Å². The maximum atomic E-state index is 12.6. The molecule has 1 aliphatic rings. The molecule has 0 unspecified atom stereocenters. The van der Waals surface area contributed by atoms with Gasteiger partial charge in [0, 0.05) is 6.42 Å². The van der Waals surface area contributed by atoms with Crippen molar-refractivity contribution in [2.45, 2.75) is 40.0 Å². The summed E-state index contributed by atoms with van der Waals surface area (Å²) in [6.45, 7) is 5.68. The Kier molecular flexibility index (Phi) is 3.35. The summed E-state index contributed by atoms with van der Waals surface area (Å²) in [6.07, 6.45) is 1.61. The van der Waals surface area contributed by atoms with Crippen LogP contribution in [0.4, 0.5) is 5.69 Å². The zero-order valence-electron chi connectivity index (χ0n) is 11.6. The number of phenolic OH excluding ortho intramolecular Hbond substituents is 1. The first-order valence-electron chi connectivity index (χ1n) is 6.62. The molecule has 0 spiro atoms. The van der Waals surface area contributed by atoms with E-state index in [-0.39, 0.29) is 24.0 Å². The first-order chi connectivity index (χ1) is 8.95. The highest BCUT2D eigenvalue weighted by atomic mass is 16.3. The van der Waals surface area contributed by atoms with Crippen LogP contribution in [-0.4, -0.2) is 16.9 Å². The number of rotatable bonds is 3. The van der Waals surface area contributed by atoms with Gasteiger partial charge in [0.25, 0.3) is 0 Å². The Morgan fingerprint density at radius 2 is 1.89 bits per heavy atom. The van der Waals surface area contributed by atoms with Crippen molar-refractivity contribution in [3.63, 3.8) is 0 Å². The quantitative estimate of drug-likeness (QED) is 0.851. The highest BCUT2D eigenvalue weighted by Gasteiger charge is 2.49. The lowest BCUT2D eigenvalue weighted by molar-refractivity contribution is -0.126. The van der Waals surface area contributed by atoms with E-state index in [9.17, 15) is 14.7 Å². The second-order valence-electron chi connectivity index (χ2n) is 5.17. The van der Waals surface area contributed by atoms with Gasteiger partial charge >= 0.3 is 0 Å². The third kappa shape index (κ3) is 2.01. The SMILES string of the molecule is CCC1(CC)CC(=O)N(c2ccc(O)cc2C)C1=O. The molecule has 0 saturated carbocycles. The van der Waals surface area contributed by atoms with Crippen LogP contribution in [0.5, 0.6) is 5.75 Å². The topological polar surface area (TPSA) is 57.6 Å². The molecule has 102 valence electrons. The highest BCUT2D eigenvalue weighted by molar-refractivity contribution is 6.22. The van der Waals surface area contributed by atoms with Crippen molar-refractivity contribution in [3.8, 4) is 5.75 Å². The zero-order chi connectivity index (χ0) is 14.2. The Morgan fingerprint density at radius 1 is 1.26 bits per heavy atom. The van der Waals surface area contributed by atoms with E-state index >= 15 is 0 Å². The summed E-state index contributed by atoms with van der Waals surface area (Å²) in [5.74, 6) is -0.128. The van der Waals surface area contributed by atoms with Gasteiger partial charge in [0.2, 0.25) is 11.8 Å². The van der Waals surface area contributed by atoms with Gasteiger partial charge < -0.3 is 5.11 Å². The molecule has 1 aromatic rings. The van der Waals surface area contributed by atoms with E-state index in [1.165, 1.54) is 11.0 Å². The Bertz CT molecular complexity index is 532. The van der Waals surface area contributed by atoms with Gasteiger partial charge in [0.1, 0.15) is 5.75 Å². The lowest BCUT2D eigenvalue weighted by Gasteiger charge is -2.24. The summed E-state index contributed by atoms with van der Waals surface area (Å²) in [5, 5.41) is 9.42. The number of carbonyl (C=O) groups is 2. The molecule has 1 heterocycles. The summed E-state index contributed by atoms with van der Waals surface area (Å²) in [4.78, 5) is 26.1. The van der Waals surface area contributed by atoms with Crippen LogP contribution in [0.1, 0.15) is 38.7 Å². The van der Waals surface area contributed by atoms with Crippen LogP contribution in [0.2, 0.25) is 0 Å². The third-order valence-electron chi connectivity index (χ3n) is 4.17. The Labute approximate surface area is 113 Å². The maximum absolute atomic E-state index is 12.6. The minimum atomic E-state index is -0.554. The van der Waals surface area contributed by atoms with Gasteiger partial charge in [-0.05, 0) is 43.5 Å². The number of hydrogen-bond acceptors (Lipinski definition) is 3. The van der Waals surface area contributed by atoms with Crippen molar-refractivity contribution in [2.75, 3.05) is 4.90 Å². The molecule has 0 aromatic heterocycles. The van der Waals surface area contributed by atoms with Crippen LogP contribution in [0.3, 0.4) is 0 Å². The molecular formula is C15H19NO3. The van der Waals surface area contributed by atoms with Gasteiger partial charge in [0.05, 0.1) is 11.1 Å². The molecule has 1 fully saturated rings. The minimum Gasteiger partial charge on any atom is -0.508 e.